The van der Waals surface area contributed by atoms with Crippen molar-refractivity contribution in [3.8, 4) is 0 Å². The number of nitrogens with one attached hydrogen (secondary N) is 1. The molecule has 0 amide bonds. The number of hydrogen-bond acceptors (Lipinski definition) is 1. The first-order valence-electron chi connectivity index (χ1n) is 6.86. The zero-order chi connectivity index (χ0) is 14.4. The van der Waals surface area contributed by atoms with Crippen LogP contribution in [0.3, 0.4) is 0 Å². The van der Waals surface area contributed by atoms with Crippen LogP contribution in [0.2, 0.25) is 0 Å². The fourth-order valence-electron chi connectivity index (χ4n) is 2.17. The lowest BCUT2D eigenvalue weighted by Gasteiger charge is -2.12. The molecule has 0 aliphatic heterocycles. The Morgan fingerprint density at radius 2 is 1.90 bits per heavy atom. The van der Waals surface area contributed by atoms with Crippen LogP contribution in [0.4, 0.5) is 4.39 Å². The first kappa shape index (κ1) is 15.2. The number of rotatable bonds is 6. The molecule has 20 heavy (non-hydrogen) atoms. The Kier molecular flexibility index (Phi) is 5.74. The largest absolute Gasteiger partial charge is 0.313 e. The highest BCUT2D eigenvalue weighted by molar-refractivity contribution is 9.10. The van der Waals surface area contributed by atoms with Crippen LogP contribution >= 0.6 is 15.9 Å². The minimum Gasteiger partial charge on any atom is -0.313 e. The molecule has 3 heteroatoms. The van der Waals surface area contributed by atoms with Gasteiger partial charge < -0.3 is 5.32 Å². The molecule has 2 rings (SSSR count). The molecule has 0 bridgehead atoms. The summed E-state index contributed by atoms with van der Waals surface area (Å²) in [5, 5.41) is 3.31. The van der Waals surface area contributed by atoms with Gasteiger partial charge >= 0.3 is 0 Å². The summed E-state index contributed by atoms with van der Waals surface area (Å²) in [6, 6.07) is 15.5. The Morgan fingerprint density at radius 1 is 1.15 bits per heavy atom. The summed E-state index contributed by atoms with van der Waals surface area (Å²) >= 11 is 3.36. The summed E-state index contributed by atoms with van der Waals surface area (Å²) in [6.07, 6.45) is 1.04. The van der Waals surface area contributed by atoms with E-state index in [9.17, 15) is 4.39 Å². The Balaban J connectivity index is 1.78. The second-order valence-electron chi connectivity index (χ2n) is 5.01. The van der Waals surface area contributed by atoms with Crippen LogP contribution in [-0.2, 0) is 6.54 Å². The lowest BCUT2D eigenvalue weighted by molar-refractivity contribution is 0.564. The minimum absolute atomic E-state index is 0.156. The third kappa shape index (κ3) is 4.43. The van der Waals surface area contributed by atoms with E-state index in [1.165, 1.54) is 11.6 Å². The Labute approximate surface area is 128 Å². The third-order valence-electron chi connectivity index (χ3n) is 3.45. The highest BCUT2D eigenvalue weighted by Crippen LogP contribution is 2.18. The molecular weight excluding hydrogens is 317 g/mol. The fraction of sp³-hybridized carbons (Fsp3) is 0.294. The van der Waals surface area contributed by atoms with Crippen LogP contribution in [0.15, 0.2) is 53.0 Å². The molecule has 2 aromatic carbocycles. The molecule has 1 atom stereocenters. The molecule has 106 valence electrons. The standard InChI is InChI=1S/C17H19BrFN/c1-13(14-5-3-2-4-6-14)9-10-20-12-15-11-16(18)7-8-17(15)19/h2-8,11,13,20H,9-10,12H2,1H3. The topological polar surface area (TPSA) is 12.0 Å². The van der Waals surface area contributed by atoms with Crippen molar-refractivity contribution in [2.24, 2.45) is 0 Å². The first-order valence-corrected chi connectivity index (χ1v) is 7.65. The van der Waals surface area contributed by atoms with Gasteiger partial charge in [0.1, 0.15) is 5.82 Å². The van der Waals surface area contributed by atoms with Crippen LogP contribution < -0.4 is 5.32 Å². The molecule has 1 N–H and O–H groups in total. The summed E-state index contributed by atoms with van der Waals surface area (Å²) in [7, 11) is 0. The molecule has 0 fully saturated rings. The minimum atomic E-state index is -0.156. The molecule has 0 aliphatic rings. The average molecular weight is 336 g/mol. The molecule has 2 aromatic rings. The summed E-state index contributed by atoms with van der Waals surface area (Å²) in [6.45, 7) is 3.66. The van der Waals surface area contributed by atoms with Crippen molar-refractivity contribution >= 4 is 15.9 Å². The van der Waals surface area contributed by atoms with Gasteiger partial charge in [0, 0.05) is 16.6 Å². The van der Waals surface area contributed by atoms with E-state index in [1.807, 2.05) is 12.1 Å². The predicted octanol–water partition coefficient (Wildman–Crippen LogP) is 4.87. The SMILES string of the molecule is CC(CCNCc1cc(Br)ccc1F)c1ccccc1. The molecule has 1 nitrogen and oxygen atoms in total. The van der Waals surface area contributed by atoms with Crippen LogP contribution in [-0.4, -0.2) is 6.54 Å². The van der Waals surface area contributed by atoms with Crippen molar-refractivity contribution < 1.29 is 4.39 Å². The van der Waals surface area contributed by atoms with E-state index in [-0.39, 0.29) is 5.82 Å². The number of hydrogen-bond donors (Lipinski definition) is 1. The molecule has 0 aromatic heterocycles. The third-order valence-corrected chi connectivity index (χ3v) is 3.94. The highest BCUT2D eigenvalue weighted by atomic mass is 79.9. The van der Waals surface area contributed by atoms with Crippen LogP contribution in [0.5, 0.6) is 0 Å². The van der Waals surface area contributed by atoms with Crippen LogP contribution in [0.25, 0.3) is 0 Å². The first-order chi connectivity index (χ1) is 9.66. The Morgan fingerprint density at radius 3 is 2.65 bits per heavy atom. The van der Waals surface area contributed by atoms with Crippen LogP contribution in [0, 0.1) is 5.82 Å². The van der Waals surface area contributed by atoms with Crippen molar-refractivity contribution in [2.45, 2.75) is 25.8 Å². The Bertz CT molecular complexity index is 542. The van der Waals surface area contributed by atoms with Gasteiger partial charge in [0.25, 0.3) is 0 Å². The van der Waals surface area contributed by atoms with E-state index in [4.69, 9.17) is 0 Å². The summed E-state index contributed by atoms with van der Waals surface area (Å²) in [5.41, 5.74) is 2.05. The predicted molar refractivity (Wildman–Crippen MR) is 85.3 cm³/mol. The molecule has 1 unspecified atom stereocenters. The van der Waals surface area contributed by atoms with Crippen molar-refractivity contribution in [2.75, 3.05) is 6.54 Å². The van der Waals surface area contributed by atoms with Gasteiger partial charge in [0.15, 0.2) is 0 Å². The fourth-order valence-corrected chi connectivity index (χ4v) is 2.58. The van der Waals surface area contributed by atoms with Crippen molar-refractivity contribution in [1.29, 1.82) is 0 Å². The number of halogens is 2. The van der Waals surface area contributed by atoms with Crippen molar-refractivity contribution in [3.05, 3.63) is 69.9 Å². The molecular formula is C17H19BrFN. The lowest BCUT2D eigenvalue weighted by Crippen LogP contribution is -2.17. The van der Waals surface area contributed by atoms with E-state index in [0.29, 0.717) is 18.0 Å². The van der Waals surface area contributed by atoms with Crippen molar-refractivity contribution in [3.63, 3.8) is 0 Å². The van der Waals surface area contributed by atoms with Gasteiger partial charge in [0.2, 0.25) is 0 Å². The molecule has 0 spiro atoms. The zero-order valence-corrected chi connectivity index (χ0v) is 13.2. The van der Waals surface area contributed by atoms with Gasteiger partial charge in [0.05, 0.1) is 0 Å². The molecule has 0 radical (unpaired) electrons. The van der Waals surface area contributed by atoms with Gasteiger partial charge in [-0.15, -0.1) is 0 Å². The van der Waals surface area contributed by atoms with E-state index < -0.39 is 0 Å². The maximum absolute atomic E-state index is 13.6. The van der Waals surface area contributed by atoms with Gasteiger partial charge in [-0.05, 0) is 42.6 Å². The molecule has 0 saturated carbocycles. The second kappa shape index (κ2) is 7.55. The van der Waals surface area contributed by atoms with Crippen LogP contribution in [0.1, 0.15) is 30.4 Å². The lowest BCUT2D eigenvalue weighted by atomic mass is 9.98. The highest BCUT2D eigenvalue weighted by Gasteiger charge is 2.05. The van der Waals surface area contributed by atoms with E-state index in [2.05, 4.69) is 52.4 Å². The molecule has 0 saturated heterocycles. The summed E-state index contributed by atoms with van der Waals surface area (Å²) in [4.78, 5) is 0. The van der Waals surface area contributed by atoms with Gasteiger partial charge in [-0.25, -0.2) is 4.39 Å². The summed E-state index contributed by atoms with van der Waals surface area (Å²) < 4.78 is 14.5. The van der Waals surface area contributed by atoms with Gasteiger partial charge in [-0.3, -0.25) is 0 Å². The normalized spacial score (nSPS) is 12.3. The van der Waals surface area contributed by atoms with Gasteiger partial charge in [-0.1, -0.05) is 53.2 Å². The number of benzene rings is 2. The molecule has 0 aliphatic carbocycles. The summed E-state index contributed by atoms with van der Waals surface area (Å²) in [5.74, 6) is 0.355. The van der Waals surface area contributed by atoms with E-state index in [0.717, 1.165) is 17.4 Å². The van der Waals surface area contributed by atoms with Crippen molar-refractivity contribution in [1.82, 2.24) is 5.32 Å². The Hall–Kier alpha value is -1.19. The smallest absolute Gasteiger partial charge is 0.127 e. The molecule has 0 heterocycles. The average Bonchev–Trinajstić information content (AvgIpc) is 2.47. The maximum Gasteiger partial charge on any atom is 0.127 e. The van der Waals surface area contributed by atoms with E-state index >= 15 is 0 Å². The monoisotopic (exact) mass is 335 g/mol. The quantitative estimate of drug-likeness (QED) is 0.742. The maximum atomic E-state index is 13.6. The second-order valence-corrected chi connectivity index (χ2v) is 5.93. The van der Waals surface area contributed by atoms with E-state index in [1.54, 1.807) is 6.07 Å². The van der Waals surface area contributed by atoms with Gasteiger partial charge in [-0.2, -0.15) is 0 Å². The zero-order valence-electron chi connectivity index (χ0n) is 11.6.